The smallest absolute Gasteiger partial charge is 0.277 e. The average Bonchev–Trinajstić information content (AvgIpc) is 3.29. The average molecular weight is 534 g/mol. The molecule has 1 aromatic carbocycles. The number of nitrogens with two attached hydrogens (primary N) is 2. The summed E-state index contributed by atoms with van der Waals surface area (Å²) < 4.78 is 84.3. The maximum absolute atomic E-state index is 14.4. The van der Waals surface area contributed by atoms with Crippen LogP contribution in [0.15, 0.2) is 24.4 Å². The number of benzene rings is 1. The summed E-state index contributed by atoms with van der Waals surface area (Å²) in [5.74, 6) is -6.14. The molecule has 0 saturated carbocycles. The fraction of sp³-hybridized carbons (Fsp3) is 0.381. The summed E-state index contributed by atoms with van der Waals surface area (Å²) in [6.45, 7) is -1.73. The molecule has 0 radical (unpaired) electrons. The van der Waals surface area contributed by atoms with Gasteiger partial charge in [0.25, 0.3) is 18.3 Å². The van der Waals surface area contributed by atoms with Gasteiger partial charge in [0.15, 0.2) is 11.5 Å². The number of carbonyl (C=O) groups excluding carboxylic acids is 1. The number of hydrogen-bond acceptors (Lipinski definition) is 7. The Morgan fingerprint density at radius 3 is 2.64 bits per heavy atom. The summed E-state index contributed by atoms with van der Waals surface area (Å²) in [6, 6.07) is 2.39. The number of thiazole rings is 1. The molecular weight excluding hydrogens is 512 g/mol. The van der Waals surface area contributed by atoms with Crippen LogP contribution in [0.3, 0.4) is 0 Å². The molecule has 1 saturated heterocycles. The van der Waals surface area contributed by atoms with E-state index in [-0.39, 0.29) is 40.2 Å². The van der Waals surface area contributed by atoms with Crippen molar-refractivity contribution in [2.75, 3.05) is 29.0 Å². The molecule has 1 aliphatic rings. The topological polar surface area (TPSA) is 115 Å². The van der Waals surface area contributed by atoms with Gasteiger partial charge in [0.1, 0.15) is 33.9 Å². The van der Waals surface area contributed by atoms with Gasteiger partial charge in [-0.25, -0.2) is 36.0 Å². The number of nitrogens with zero attached hydrogens (tertiary/aromatic N) is 4. The molecule has 8 nitrogen and oxygen atoms in total. The Balaban J connectivity index is 1.67. The highest BCUT2D eigenvalue weighted by Gasteiger charge is 2.39. The van der Waals surface area contributed by atoms with Crippen LogP contribution in [-0.2, 0) is 6.54 Å². The summed E-state index contributed by atoms with van der Waals surface area (Å²) in [6.07, 6.45) is -2.24. The van der Waals surface area contributed by atoms with Gasteiger partial charge in [0.05, 0.1) is 18.3 Å². The van der Waals surface area contributed by atoms with Crippen LogP contribution in [0.5, 0.6) is 0 Å². The van der Waals surface area contributed by atoms with E-state index in [1.54, 1.807) is 0 Å². The Hall–Kier alpha value is -3.33. The second-order valence-electron chi connectivity index (χ2n) is 8.27. The van der Waals surface area contributed by atoms with Crippen molar-refractivity contribution >= 4 is 33.8 Å². The van der Waals surface area contributed by atoms with Crippen LogP contribution in [0.1, 0.15) is 23.3 Å². The lowest BCUT2D eigenvalue weighted by Gasteiger charge is -2.27. The second kappa shape index (κ2) is 9.97. The Morgan fingerprint density at radius 2 is 1.97 bits per heavy atom. The molecule has 0 aliphatic carbocycles. The number of alkyl halides is 4. The molecule has 1 aliphatic heterocycles. The van der Waals surface area contributed by atoms with Gasteiger partial charge >= 0.3 is 0 Å². The third kappa shape index (κ3) is 5.41. The maximum Gasteiger partial charge on any atom is 0.277 e. The molecule has 0 bridgehead atoms. The van der Waals surface area contributed by atoms with Crippen LogP contribution < -0.4 is 21.7 Å². The molecule has 15 heteroatoms. The first-order valence-corrected chi connectivity index (χ1v) is 11.5. The van der Waals surface area contributed by atoms with Crippen molar-refractivity contribution in [1.82, 2.24) is 14.8 Å². The number of halogens is 6. The lowest BCUT2D eigenvalue weighted by molar-refractivity contribution is -0.000600. The molecule has 4 rings (SSSR count). The van der Waals surface area contributed by atoms with Gasteiger partial charge in [-0.3, -0.25) is 4.79 Å². The van der Waals surface area contributed by atoms with E-state index in [4.69, 9.17) is 11.5 Å². The number of aromatic nitrogens is 3. The standard InChI is InChI=1S/C21H21F6N7OS/c22-11-2-1-3-12(23)15(11)19-32-16(17(29)36-19)18(35)31-13-7-30-34(8-14(24)25)20(13)33-5-4-10(28)6-21(26,27)9-33/h1-3,7,10,14H,4-6,8-9,28-29H2,(H,31,35)/t10-/m0/s1. The molecule has 1 amide bonds. The minimum atomic E-state index is -3.21. The monoisotopic (exact) mass is 533 g/mol. The summed E-state index contributed by atoms with van der Waals surface area (Å²) in [4.78, 5) is 18.0. The van der Waals surface area contributed by atoms with Crippen LogP contribution in [0, 0.1) is 11.6 Å². The van der Waals surface area contributed by atoms with Crippen LogP contribution >= 0.6 is 11.3 Å². The van der Waals surface area contributed by atoms with Gasteiger partial charge in [0.2, 0.25) is 0 Å². The van der Waals surface area contributed by atoms with Gasteiger partial charge in [0, 0.05) is 19.0 Å². The SMILES string of the molecule is Nc1sc(-c2c(F)cccc2F)nc1C(=O)Nc1cnn(CC(F)F)c1N1CC[C@H](N)CC(F)(F)C1. The van der Waals surface area contributed by atoms with Crippen molar-refractivity contribution in [1.29, 1.82) is 0 Å². The van der Waals surface area contributed by atoms with Crippen LogP contribution in [0.2, 0.25) is 0 Å². The van der Waals surface area contributed by atoms with E-state index >= 15 is 0 Å². The fourth-order valence-corrected chi connectivity index (χ4v) is 4.84. The molecule has 5 N–H and O–H groups in total. The largest absolute Gasteiger partial charge is 0.389 e. The molecule has 2 aromatic heterocycles. The Bertz CT molecular complexity index is 1240. The van der Waals surface area contributed by atoms with E-state index in [1.165, 1.54) is 0 Å². The summed E-state index contributed by atoms with van der Waals surface area (Å²) >= 11 is 0.666. The zero-order valence-corrected chi connectivity index (χ0v) is 19.3. The van der Waals surface area contributed by atoms with Gasteiger partial charge < -0.3 is 21.7 Å². The number of carbonyl (C=O) groups is 1. The summed E-state index contributed by atoms with van der Waals surface area (Å²) in [7, 11) is 0. The zero-order chi connectivity index (χ0) is 26.2. The number of nitrogens with one attached hydrogen (secondary N) is 1. The lowest BCUT2D eigenvalue weighted by atomic mass is 10.1. The molecule has 0 unspecified atom stereocenters. The van der Waals surface area contributed by atoms with Crippen molar-refractivity contribution in [3.05, 3.63) is 41.7 Å². The van der Waals surface area contributed by atoms with E-state index in [2.05, 4.69) is 15.4 Å². The van der Waals surface area contributed by atoms with Crippen molar-refractivity contribution in [2.45, 2.75) is 37.8 Å². The van der Waals surface area contributed by atoms with Crippen molar-refractivity contribution in [3.8, 4) is 10.6 Å². The normalized spacial score (nSPS) is 17.9. The van der Waals surface area contributed by atoms with Gasteiger partial charge in [-0.2, -0.15) is 5.10 Å². The van der Waals surface area contributed by atoms with E-state index in [9.17, 15) is 31.1 Å². The predicted octanol–water partition coefficient (Wildman–Crippen LogP) is 3.95. The summed E-state index contributed by atoms with van der Waals surface area (Å²) in [5.41, 5.74) is 10.6. The highest BCUT2D eigenvalue weighted by Crippen LogP contribution is 2.36. The molecule has 0 spiro atoms. The molecule has 194 valence electrons. The lowest BCUT2D eigenvalue weighted by Crippen LogP contribution is -2.37. The van der Waals surface area contributed by atoms with Crippen LogP contribution in [0.25, 0.3) is 10.6 Å². The number of hydrogen-bond donors (Lipinski definition) is 3. The van der Waals surface area contributed by atoms with E-state index in [0.717, 1.165) is 34.0 Å². The van der Waals surface area contributed by atoms with Crippen LogP contribution in [-0.4, -0.2) is 52.2 Å². The number of rotatable bonds is 6. The fourth-order valence-electron chi connectivity index (χ4n) is 3.96. The van der Waals surface area contributed by atoms with Gasteiger partial charge in [-0.15, -0.1) is 0 Å². The number of nitrogen functional groups attached to an aromatic ring is 1. The predicted molar refractivity (Wildman–Crippen MR) is 122 cm³/mol. The highest BCUT2D eigenvalue weighted by molar-refractivity contribution is 7.19. The first-order valence-electron chi connectivity index (χ1n) is 10.7. The quantitative estimate of drug-likeness (QED) is 0.414. The third-order valence-corrected chi connectivity index (χ3v) is 6.37. The van der Waals surface area contributed by atoms with Gasteiger partial charge in [-0.05, 0) is 18.6 Å². The Labute approximate surface area is 204 Å². The second-order valence-corrected chi connectivity index (χ2v) is 9.30. The number of anilines is 3. The maximum atomic E-state index is 14.4. The molecule has 1 fully saturated rings. The zero-order valence-electron chi connectivity index (χ0n) is 18.5. The highest BCUT2D eigenvalue weighted by atomic mass is 32.1. The van der Waals surface area contributed by atoms with E-state index in [0.29, 0.717) is 11.3 Å². The Morgan fingerprint density at radius 1 is 1.28 bits per heavy atom. The molecule has 1 atom stereocenters. The third-order valence-electron chi connectivity index (χ3n) is 5.47. The molecule has 36 heavy (non-hydrogen) atoms. The van der Waals surface area contributed by atoms with E-state index < -0.39 is 61.0 Å². The van der Waals surface area contributed by atoms with Crippen molar-refractivity contribution in [3.63, 3.8) is 0 Å². The minimum Gasteiger partial charge on any atom is -0.389 e. The first-order chi connectivity index (χ1) is 16.9. The molecular formula is C21H21F6N7OS. The van der Waals surface area contributed by atoms with E-state index in [1.807, 2.05) is 0 Å². The Kier molecular flexibility index (Phi) is 7.13. The summed E-state index contributed by atoms with van der Waals surface area (Å²) in [5, 5.41) is 5.87. The van der Waals surface area contributed by atoms with Crippen molar-refractivity contribution < 1.29 is 31.1 Å². The van der Waals surface area contributed by atoms with Crippen molar-refractivity contribution in [2.24, 2.45) is 5.73 Å². The molecule has 3 aromatic rings. The van der Waals surface area contributed by atoms with Gasteiger partial charge in [-0.1, -0.05) is 17.4 Å². The van der Waals surface area contributed by atoms with Crippen LogP contribution in [0.4, 0.5) is 42.8 Å². The number of amides is 1. The molecule has 3 heterocycles. The minimum absolute atomic E-state index is 0.00407. The first kappa shape index (κ1) is 25.8.